The average Bonchev–Trinajstić information content (AvgIpc) is 2.92. The van der Waals surface area contributed by atoms with Gasteiger partial charge in [0.15, 0.2) is 0 Å². The van der Waals surface area contributed by atoms with Crippen LogP contribution in [-0.4, -0.2) is 8.42 Å². The molecule has 37 heavy (non-hydrogen) atoms. The minimum atomic E-state index is -3.81. The highest BCUT2D eigenvalue weighted by atomic mass is 32.2. The summed E-state index contributed by atoms with van der Waals surface area (Å²) in [5, 5.41) is 0. The van der Waals surface area contributed by atoms with Gasteiger partial charge in [0.05, 0.1) is 0 Å². The van der Waals surface area contributed by atoms with Gasteiger partial charge in [0.1, 0.15) is 10.6 Å². The third kappa shape index (κ3) is 8.57. The molecule has 0 saturated heterocycles. The molecule has 6 heteroatoms. The summed E-state index contributed by atoms with van der Waals surface area (Å²) < 4.78 is 29.7. The second-order valence-corrected chi connectivity index (χ2v) is 11.8. The fourth-order valence-corrected chi connectivity index (χ4v) is 5.81. The van der Waals surface area contributed by atoms with Crippen molar-refractivity contribution < 1.29 is 12.6 Å². The molecule has 0 amide bonds. The van der Waals surface area contributed by atoms with Crippen molar-refractivity contribution in [3.8, 4) is 5.75 Å². The van der Waals surface area contributed by atoms with Crippen molar-refractivity contribution in [1.29, 1.82) is 0 Å². The van der Waals surface area contributed by atoms with Crippen LogP contribution >= 0.6 is 23.5 Å². The fourth-order valence-electron chi connectivity index (χ4n) is 3.18. The molecule has 0 atom stereocenters. The maximum Gasteiger partial charge on any atom is 0.339 e. The normalized spacial score (nSPS) is 10.7. The number of aryl methyl sites for hydroxylation is 1. The van der Waals surface area contributed by atoms with Gasteiger partial charge in [0.25, 0.3) is 0 Å². The highest BCUT2D eigenvalue weighted by Crippen LogP contribution is 2.29. The number of hydrogen-bond donors (Lipinski definition) is 0. The van der Waals surface area contributed by atoms with Gasteiger partial charge in [-0.2, -0.15) is 8.42 Å². The molecule has 0 radical (unpaired) electrons. The van der Waals surface area contributed by atoms with Crippen molar-refractivity contribution in [2.75, 3.05) is 0 Å². The van der Waals surface area contributed by atoms with Crippen LogP contribution in [0.5, 0.6) is 5.75 Å². The predicted octanol–water partition coefficient (Wildman–Crippen LogP) is 8.75. The molecule has 0 unspecified atom stereocenters. The molecule has 5 rings (SSSR count). The van der Waals surface area contributed by atoms with Crippen molar-refractivity contribution in [2.45, 2.75) is 31.4 Å². The van der Waals surface area contributed by atoms with Crippen LogP contribution in [0.15, 0.2) is 164 Å². The summed E-state index contributed by atoms with van der Waals surface area (Å²) in [6, 6.07) is 44.4. The second kappa shape index (κ2) is 13.2. The first-order chi connectivity index (χ1) is 18.0. The first-order valence-corrected chi connectivity index (χ1v) is 14.6. The van der Waals surface area contributed by atoms with Crippen molar-refractivity contribution in [3.63, 3.8) is 0 Å². The number of hydrogen-bond acceptors (Lipinski definition) is 5. The van der Waals surface area contributed by atoms with E-state index in [1.165, 1.54) is 9.79 Å². The molecule has 186 valence electrons. The summed E-state index contributed by atoms with van der Waals surface area (Å²) in [5.41, 5.74) is 0.997. The zero-order valence-corrected chi connectivity index (χ0v) is 22.7. The molecule has 0 aliphatic heterocycles. The number of benzene rings is 5. The highest BCUT2D eigenvalue weighted by Gasteiger charge is 2.16. The van der Waals surface area contributed by atoms with E-state index in [-0.39, 0.29) is 4.90 Å². The molecule has 0 heterocycles. The van der Waals surface area contributed by atoms with Gasteiger partial charge in [-0.3, -0.25) is 0 Å². The monoisotopic (exact) mass is 542 g/mol. The molecule has 0 fully saturated rings. The Bertz CT molecular complexity index is 1430. The van der Waals surface area contributed by atoms with Gasteiger partial charge in [-0.1, -0.05) is 95.8 Å². The minimum Gasteiger partial charge on any atom is -0.379 e. The Labute approximate surface area is 227 Å². The Morgan fingerprint density at radius 2 is 0.865 bits per heavy atom. The van der Waals surface area contributed by atoms with E-state index >= 15 is 0 Å². The van der Waals surface area contributed by atoms with E-state index in [2.05, 4.69) is 48.5 Å². The largest absolute Gasteiger partial charge is 0.379 e. The molecule has 3 nitrogen and oxygen atoms in total. The van der Waals surface area contributed by atoms with Gasteiger partial charge < -0.3 is 4.18 Å². The molecule has 5 aromatic carbocycles. The lowest BCUT2D eigenvalue weighted by molar-refractivity contribution is 0.486. The van der Waals surface area contributed by atoms with Crippen LogP contribution in [0.2, 0.25) is 0 Å². The molecule has 0 spiro atoms. The topological polar surface area (TPSA) is 43.4 Å². The third-order valence-electron chi connectivity index (χ3n) is 5.04. The maximum atomic E-state index is 12.3. The molecule has 0 aromatic heterocycles. The molecule has 0 N–H and O–H groups in total. The smallest absolute Gasteiger partial charge is 0.339 e. The van der Waals surface area contributed by atoms with Gasteiger partial charge in [0, 0.05) is 19.6 Å². The van der Waals surface area contributed by atoms with Crippen LogP contribution in [0.4, 0.5) is 0 Å². The second-order valence-electron chi connectivity index (χ2n) is 7.97. The van der Waals surface area contributed by atoms with Gasteiger partial charge in [-0.25, -0.2) is 0 Å². The lowest BCUT2D eigenvalue weighted by Crippen LogP contribution is -2.09. The van der Waals surface area contributed by atoms with Gasteiger partial charge in [0.2, 0.25) is 0 Å². The summed E-state index contributed by atoms with van der Waals surface area (Å²) in [5.74, 6) is 0.299. The summed E-state index contributed by atoms with van der Waals surface area (Å²) in [6.45, 7) is 1.90. The van der Waals surface area contributed by atoms with Crippen LogP contribution in [-0.2, 0) is 10.1 Å². The van der Waals surface area contributed by atoms with E-state index in [4.69, 9.17) is 4.18 Å². The van der Waals surface area contributed by atoms with Gasteiger partial charge in [-0.15, -0.1) is 0 Å². The van der Waals surface area contributed by atoms with E-state index in [1.54, 1.807) is 59.9 Å². The molecule has 0 saturated carbocycles. The van der Waals surface area contributed by atoms with Crippen LogP contribution in [0.1, 0.15) is 5.56 Å². The maximum absolute atomic E-state index is 12.3. The van der Waals surface area contributed by atoms with Crippen LogP contribution in [0.3, 0.4) is 0 Å². The number of rotatable bonds is 7. The van der Waals surface area contributed by atoms with Crippen LogP contribution in [0.25, 0.3) is 0 Å². The zero-order chi connectivity index (χ0) is 25.9. The third-order valence-corrected chi connectivity index (χ3v) is 8.33. The predicted molar refractivity (Wildman–Crippen MR) is 153 cm³/mol. The van der Waals surface area contributed by atoms with Crippen molar-refractivity contribution in [1.82, 2.24) is 0 Å². The fraction of sp³-hybridized carbons (Fsp3) is 0.0323. The van der Waals surface area contributed by atoms with E-state index in [0.29, 0.717) is 5.75 Å². The van der Waals surface area contributed by atoms with Crippen molar-refractivity contribution in [3.05, 3.63) is 145 Å². The van der Waals surface area contributed by atoms with Crippen LogP contribution in [0, 0.1) is 6.92 Å². The Hall–Kier alpha value is -3.45. The lowest BCUT2D eigenvalue weighted by Gasteiger charge is -2.08. The minimum absolute atomic E-state index is 0.149. The summed E-state index contributed by atoms with van der Waals surface area (Å²) in [7, 11) is -3.81. The Balaban J connectivity index is 0.000000207. The van der Waals surface area contributed by atoms with Gasteiger partial charge >= 0.3 is 10.1 Å². The lowest BCUT2D eigenvalue weighted by atomic mass is 10.2. The van der Waals surface area contributed by atoms with E-state index in [1.807, 2.05) is 61.5 Å². The van der Waals surface area contributed by atoms with Crippen molar-refractivity contribution >= 4 is 33.6 Å². The zero-order valence-electron chi connectivity index (χ0n) is 20.2. The van der Waals surface area contributed by atoms with E-state index in [0.717, 1.165) is 15.4 Å². The van der Waals surface area contributed by atoms with Gasteiger partial charge in [-0.05, 0) is 79.7 Å². The first-order valence-electron chi connectivity index (χ1n) is 11.6. The molecule has 5 aromatic rings. The van der Waals surface area contributed by atoms with Crippen LogP contribution < -0.4 is 4.18 Å². The van der Waals surface area contributed by atoms with E-state index in [9.17, 15) is 8.42 Å². The SMILES string of the molecule is Cc1ccc(S(=O)(=O)Oc2ccc(Sc3ccccc3)cc2)cc1.c1ccc(Sc2ccccc2)cc1. The Kier molecular flexibility index (Phi) is 9.49. The molecule has 0 aliphatic carbocycles. The molecular formula is C31H26O3S3. The summed E-state index contributed by atoms with van der Waals surface area (Å²) in [6.07, 6.45) is 0. The first kappa shape index (κ1) is 26.6. The van der Waals surface area contributed by atoms with Crippen molar-refractivity contribution in [2.24, 2.45) is 0 Å². The Morgan fingerprint density at radius 1 is 0.486 bits per heavy atom. The quantitative estimate of drug-likeness (QED) is 0.192. The highest BCUT2D eigenvalue weighted by molar-refractivity contribution is 7.99. The summed E-state index contributed by atoms with van der Waals surface area (Å²) in [4.78, 5) is 4.86. The standard InChI is InChI=1S/C19H16O3S2.C12H10S/c1-15-7-13-19(14-8-15)24(20,21)22-16-9-11-18(12-10-16)23-17-5-3-2-4-6-17;1-3-7-11(8-4-1)13-12-9-5-2-6-10-12/h2-14H,1H3;1-10H. The molecular weight excluding hydrogens is 517 g/mol. The Morgan fingerprint density at radius 3 is 1.27 bits per heavy atom. The molecule has 0 aliphatic rings. The molecule has 0 bridgehead atoms. The van der Waals surface area contributed by atoms with E-state index < -0.39 is 10.1 Å². The average molecular weight is 543 g/mol. The summed E-state index contributed by atoms with van der Waals surface area (Å²) >= 11 is 3.39.